The first-order valence-electron chi connectivity index (χ1n) is 10.8. The number of ether oxygens (including phenoxy) is 2. The van der Waals surface area contributed by atoms with Gasteiger partial charge < -0.3 is 23.7 Å². The summed E-state index contributed by atoms with van der Waals surface area (Å²) >= 11 is 0. The molecule has 1 aromatic heterocycles. The smallest absolute Gasteiger partial charge is 0.314 e. The highest BCUT2D eigenvalue weighted by Crippen LogP contribution is 2.36. The number of furan rings is 1. The predicted octanol–water partition coefficient (Wildman–Crippen LogP) is 3.60. The van der Waals surface area contributed by atoms with Crippen molar-refractivity contribution in [1.82, 2.24) is 9.80 Å². The fraction of sp³-hybridized carbons (Fsp3) is 0.500. The van der Waals surface area contributed by atoms with Crippen molar-refractivity contribution in [3.8, 4) is 5.75 Å². The normalized spacial score (nSPS) is 18.8. The van der Waals surface area contributed by atoms with Crippen LogP contribution < -0.4 is 4.74 Å². The lowest BCUT2D eigenvalue weighted by molar-refractivity contribution is -0.159. The van der Waals surface area contributed by atoms with Gasteiger partial charge in [-0.2, -0.15) is 0 Å². The molecule has 0 radical (unpaired) electrons. The quantitative estimate of drug-likeness (QED) is 0.569. The van der Waals surface area contributed by atoms with Gasteiger partial charge in [0.1, 0.15) is 11.5 Å². The standard InChI is InChI=1S/C24H32N2O5/c1-4-29-23(28)24(14-16-30-19-9-6-5-7-10-19)13-8-15-26(18-24)22(27)21-12-11-20(31-21)17-25(2)3/h5-7,9-12H,4,8,13-18H2,1-3H3/t24-/m1/s1. The number of rotatable bonds is 9. The average molecular weight is 429 g/mol. The molecule has 2 aromatic rings. The summed E-state index contributed by atoms with van der Waals surface area (Å²) < 4.78 is 17.0. The van der Waals surface area contributed by atoms with Crippen molar-refractivity contribution in [3.63, 3.8) is 0 Å². The van der Waals surface area contributed by atoms with E-state index in [0.717, 1.165) is 17.9 Å². The van der Waals surface area contributed by atoms with Crippen LogP contribution in [0.15, 0.2) is 46.9 Å². The molecule has 1 atom stereocenters. The monoisotopic (exact) mass is 428 g/mol. The van der Waals surface area contributed by atoms with Gasteiger partial charge in [0.05, 0.1) is 25.2 Å². The number of carbonyl (C=O) groups excluding carboxylic acids is 2. The molecule has 0 bridgehead atoms. The highest BCUT2D eigenvalue weighted by molar-refractivity contribution is 5.92. The van der Waals surface area contributed by atoms with Gasteiger partial charge in [-0.1, -0.05) is 18.2 Å². The van der Waals surface area contributed by atoms with Gasteiger partial charge in [-0.15, -0.1) is 0 Å². The second-order valence-electron chi connectivity index (χ2n) is 8.25. The number of hydrogen-bond donors (Lipinski definition) is 0. The average Bonchev–Trinajstić information content (AvgIpc) is 3.22. The number of carbonyl (C=O) groups is 2. The number of esters is 1. The van der Waals surface area contributed by atoms with Crippen molar-refractivity contribution in [2.24, 2.45) is 5.41 Å². The summed E-state index contributed by atoms with van der Waals surface area (Å²) in [6.45, 7) is 3.98. The van der Waals surface area contributed by atoms with E-state index in [1.54, 1.807) is 17.9 Å². The van der Waals surface area contributed by atoms with Crippen LogP contribution in [0.1, 0.15) is 42.5 Å². The predicted molar refractivity (Wildman–Crippen MR) is 117 cm³/mol. The van der Waals surface area contributed by atoms with E-state index in [-0.39, 0.29) is 11.9 Å². The Morgan fingerprint density at radius 3 is 2.65 bits per heavy atom. The van der Waals surface area contributed by atoms with Crippen molar-refractivity contribution in [2.45, 2.75) is 32.7 Å². The molecule has 1 aromatic carbocycles. The third kappa shape index (κ3) is 5.88. The van der Waals surface area contributed by atoms with Crippen LogP contribution in [0.4, 0.5) is 0 Å². The molecule has 2 heterocycles. The maximum atomic E-state index is 13.1. The Labute approximate surface area is 183 Å². The third-order valence-electron chi connectivity index (χ3n) is 5.51. The van der Waals surface area contributed by atoms with Crippen molar-refractivity contribution in [3.05, 3.63) is 54.0 Å². The summed E-state index contributed by atoms with van der Waals surface area (Å²) in [6.07, 6.45) is 1.87. The molecule has 0 spiro atoms. The molecule has 1 aliphatic rings. The van der Waals surface area contributed by atoms with Crippen LogP contribution >= 0.6 is 0 Å². The molecule has 31 heavy (non-hydrogen) atoms. The molecule has 0 aliphatic carbocycles. The Bertz CT molecular complexity index is 864. The molecule has 7 nitrogen and oxygen atoms in total. The van der Waals surface area contributed by atoms with E-state index in [9.17, 15) is 9.59 Å². The number of nitrogens with zero attached hydrogens (tertiary/aromatic N) is 2. The number of benzene rings is 1. The lowest BCUT2D eigenvalue weighted by Crippen LogP contribution is -2.51. The first-order chi connectivity index (χ1) is 14.9. The van der Waals surface area contributed by atoms with E-state index in [0.29, 0.717) is 51.4 Å². The van der Waals surface area contributed by atoms with E-state index in [1.165, 1.54) is 0 Å². The first kappa shape index (κ1) is 22.9. The number of para-hydroxylation sites is 1. The molecule has 7 heteroatoms. The minimum absolute atomic E-state index is 0.192. The zero-order chi connectivity index (χ0) is 22.3. The maximum Gasteiger partial charge on any atom is 0.314 e. The number of likely N-dealkylation sites (tertiary alicyclic amines) is 1. The van der Waals surface area contributed by atoms with Crippen LogP contribution in [-0.4, -0.2) is 62.1 Å². The van der Waals surface area contributed by atoms with Crippen molar-refractivity contribution in [2.75, 3.05) is 40.4 Å². The second kappa shape index (κ2) is 10.5. The van der Waals surface area contributed by atoms with Gasteiger partial charge in [-0.25, -0.2) is 0 Å². The molecule has 3 rings (SSSR count). The summed E-state index contributed by atoms with van der Waals surface area (Å²) in [6, 6.07) is 13.0. The zero-order valence-electron chi connectivity index (χ0n) is 18.6. The highest BCUT2D eigenvalue weighted by Gasteiger charge is 2.45. The van der Waals surface area contributed by atoms with Crippen LogP contribution in [0, 0.1) is 5.41 Å². The first-order valence-corrected chi connectivity index (χ1v) is 10.8. The topological polar surface area (TPSA) is 72.2 Å². The van der Waals surface area contributed by atoms with Gasteiger partial charge >= 0.3 is 5.97 Å². The van der Waals surface area contributed by atoms with Crippen LogP contribution in [0.3, 0.4) is 0 Å². The largest absolute Gasteiger partial charge is 0.494 e. The van der Waals surface area contributed by atoms with E-state index in [4.69, 9.17) is 13.9 Å². The molecule has 0 N–H and O–H groups in total. The SMILES string of the molecule is CCOC(=O)[C@@]1(CCOc2ccccc2)CCCN(C(=O)c2ccc(CN(C)C)o2)C1. The zero-order valence-corrected chi connectivity index (χ0v) is 18.6. The molecular weight excluding hydrogens is 396 g/mol. The summed E-state index contributed by atoms with van der Waals surface area (Å²) in [5, 5.41) is 0. The van der Waals surface area contributed by atoms with Crippen molar-refractivity contribution < 1.29 is 23.5 Å². The van der Waals surface area contributed by atoms with Crippen LogP contribution in [0.25, 0.3) is 0 Å². The van der Waals surface area contributed by atoms with Gasteiger partial charge in [0.2, 0.25) is 0 Å². The summed E-state index contributed by atoms with van der Waals surface area (Å²) in [4.78, 5) is 29.7. The molecular formula is C24H32N2O5. The molecule has 1 saturated heterocycles. The lowest BCUT2D eigenvalue weighted by Gasteiger charge is -2.40. The number of hydrogen-bond acceptors (Lipinski definition) is 6. The summed E-state index contributed by atoms with van der Waals surface area (Å²) in [5.41, 5.74) is -0.780. The fourth-order valence-corrected chi connectivity index (χ4v) is 3.99. The van der Waals surface area contributed by atoms with Gasteiger partial charge in [-0.05, 0) is 64.5 Å². The highest BCUT2D eigenvalue weighted by atomic mass is 16.5. The Kier molecular flexibility index (Phi) is 7.74. The Morgan fingerprint density at radius 2 is 1.94 bits per heavy atom. The minimum Gasteiger partial charge on any atom is -0.494 e. The van der Waals surface area contributed by atoms with Crippen LogP contribution in [0.5, 0.6) is 5.75 Å². The van der Waals surface area contributed by atoms with Gasteiger partial charge in [0.15, 0.2) is 5.76 Å². The fourth-order valence-electron chi connectivity index (χ4n) is 3.99. The lowest BCUT2D eigenvalue weighted by atomic mass is 9.77. The van der Waals surface area contributed by atoms with Crippen LogP contribution in [0.2, 0.25) is 0 Å². The second-order valence-corrected chi connectivity index (χ2v) is 8.25. The molecule has 0 saturated carbocycles. The molecule has 0 unspecified atom stereocenters. The van der Waals surface area contributed by atoms with Crippen molar-refractivity contribution in [1.29, 1.82) is 0 Å². The van der Waals surface area contributed by atoms with Gasteiger partial charge in [0, 0.05) is 13.1 Å². The van der Waals surface area contributed by atoms with E-state index in [1.807, 2.05) is 55.4 Å². The molecule has 1 fully saturated rings. The summed E-state index contributed by atoms with van der Waals surface area (Å²) in [7, 11) is 3.89. The van der Waals surface area contributed by atoms with Gasteiger partial charge in [-0.3, -0.25) is 9.59 Å². The van der Waals surface area contributed by atoms with Crippen molar-refractivity contribution >= 4 is 11.9 Å². The van der Waals surface area contributed by atoms with E-state index in [2.05, 4.69) is 0 Å². The molecule has 168 valence electrons. The van der Waals surface area contributed by atoms with E-state index >= 15 is 0 Å². The van der Waals surface area contributed by atoms with Gasteiger partial charge in [0.25, 0.3) is 5.91 Å². The Hall–Kier alpha value is -2.80. The Balaban J connectivity index is 1.71. The Morgan fingerprint density at radius 1 is 1.16 bits per heavy atom. The molecule has 1 aliphatic heterocycles. The summed E-state index contributed by atoms with van der Waals surface area (Å²) in [5.74, 6) is 1.34. The number of amides is 1. The maximum absolute atomic E-state index is 13.1. The third-order valence-corrected chi connectivity index (χ3v) is 5.51. The van der Waals surface area contributed by atoms with Crippen LogP contribution in [-0.2, 0) is 16.1 Å². The minimum atomic E-state index is -0.780. The van der Waals surface area contributed by atoms with E-state index < -0.39 is 5.41 Å². The number of piperidine rings is 1. The molecule has 1 amide bonds.